The van der Waals surface area contributed by atoms with Crippen LogP contribution in [-0.4, -0.2) is 16.9 Å². The summed E-state index contributed by atoms with van der Waals surface area (Å²) in [7, 11) is 0. The number of ether oxygens (including phenoxy) is 1. The molecule has 2 aromatic carbocycles. The van der Waals surface area contributed by atoms with Crippen molar-refractivity contribution in [2.45, 2.75) is 20.0 Å². The molecule has 0 bridgehead atoms. The molecule has 0 saturated carbocycles. The highest BCUT2D eigenvalue weighted by atomic mass is 35.5. The van der Waals surface area contributed by atoms with Gasteiger partial charge in [-0.15, -0.1) is 0 Å². The van der Waals surface area contributed by atoms with Gasteiger partial charge < -0.3 is 10.1 Å². The molecule has 0 fully saturated rings. The number of nitrogens with zero attached hydrogens (tertiary/aromatic N) is 1. The molecule has 126 valence electrons. The summed E-state index contributed by atoms with van der Waals surface area (Å²) in [6, 6.07) is 8.73. The maximum atomic E-state index is 12.2. The van der Waals surface area contributed by atoms with Gasteiger partial charge >= 0.3 is 0 Å². The van der Waals surface area contributed by atoms with Gasteiger partial charge in [0.2, 0.25) is 0 Å². The molecular formula is C16H14Cl2N2O4. The van der Waals surface area contributed by atoms with Crippen LogP contribution in [0, 0.1) is 17.0 Å². The molecule has 0 aliphatic heterocycles. The molecule has 0 aromatic heterocycles. The first kappa shape index (κ1) is 18.0. The Morgan fingerprint density at radius 2 is 1.83 bits per heavy atom. The lowest BCUT2D eigenvalue weighted by Gasteiger charge is -2.16. The summed E-state index contributed by atoms with van der Waals surface area (Å²) in [5, 5.41) is 14.1. The number of nitro groups is 1. The number of non-ortho nitro benzene ring substituents is 1. The van der Waals surface area contributed by atoms with Gasteiger partial charge in [0.15, 0.2) is 6.10 Å². The van der Waals surface area contributed by atoms with Gasteiger partial charge in [0.1, 0.15) is 5.75 Å². The van der Waals surface area contributed by atoms with Gasteiger partial charge in [0.05, 0.1) is 9.95 Å². The molecule has 2 aromatic rings. The molecule has 1 unspecified atom stereocenters. The average molecular weight is 369 g/mol. The Bertz CT molecular complexity index is 778. The summed E-state index contributed by atoms with van der Waals surface area (Å²) in [6.45, 7) is 3.32. The van der Waals surface area contributed by atoms with Crippen LogP contribution in [-0.2, 0) is 4.79 Å². The molecule has 0 heterocycles. The van der Waals surface area contributed by atoms with E-state index in [1.807, 2.05) is 0 Å². The number of hydrogen-bond donors (Lipinski definition) is 1. The monoisotopic (exact) mass is 368 g/mol. The molecule has 2 rings (SSSR count). The molecule has 0 radical (unpaired) electrons. The van der Waals surface area contributed by atoms with Crippen molar-refractivity contribution in [3.05, 3.63) is 62.1 Å². The van der Waals surface area contributed by atoms with Crippen LogP contribution < -0.4 is 10.1 Å². The molecule has 1 N–H and O–H groups in total. The fraction of sp³-hybridized carbons (Fsp3) is 0.188. The predicted molar refractivity (Wildman–Crippen MR) is 93.0 cm³/mol. The first-order chi connectivity index (χ1) is 11.3. The molecule has 8 heteroatoms. The van der Waals surface area contributed by atoms with E-state index in [4.69, 9.17) is 27.9 Å². The fourth-order valence-corrected chi connectivity index (χ4v) is 2.30. The molecule has 0 spiro atoms. The van der Waals surface area contributed by atoms with E-state index >= 15 is 0 Å². The number of rotatable bonds is 5. The minimum Gasteiger partial charge on any atom is -0.479 e. The average Bonchev–Trinajstić information content (AvgIpc) is 2.55. The van der Waals surface area contributed by atoms with Crippen molar-refractivity contribution in [1.29, 1.82) is 0 Å². The van der Waals surface area contributed by atoms with Crippen LogP contribution in [0.25, 0.3) is 0 Å². The van der Waals surface area contributed by atoms with Crippen LogP contribution in [0.3, 0.4) is 0 Å². The number of carbonyl (C=O) groups excluding carboxylic acids is 1. The summed E-state index contributed by atoms with van der Waals surface area (Å²) in [6.07, 6.45) is -0.821. The summed E-state index contributed by atoms with van der Waals surface area (Å²) in [4.78, 5) is 22.3. The fourth-order valence-electron chi connectivity index (χ4n) is 1.88. The lowest BCUT2D eigenvalue weighted by molar-refractivity contribution is -0.384. The van der Waals surface area contributed by atoms with Gasteiger partial charge in [-0.2, -0.15) is 0 Å². The maximum absolute atomic E-state index is 12.2. The summed E-state index contributed by atoms with van der Waals surface area (Å²) in [5.74, 6) is -0.0579. The molecule has 1 amide bonds. The Morgan fingerprint density at radius 3 is 2.42 bits per heavy atom. The van der Waals surface area contributed by atoms with Gasteiger partial charge in [-0.05, 0) is 43.7 Å². The largest absolute Gasteiger partial charge is 0.479 e. The van der Waals surface area contributed by atoms with E-state index in [2.05, 4.69) is 5.32 Å². The summed E-state index contributed by atoms with van der Waals surface area (Å²) < 4.78 is 5.57. The van der Waals surface area contributed by atoms with Gasteiger partial charge in [-0.3, -0.25) is 14.9 Å². The third-order valence-electron chi connectivity index (χ3n) is 3.30. The highest BCUT2D eigenvalue weighted by Crippen LogP contribution is 2.33. The SMILES string of the molecule is Cc1c(Cl)ccc(OC(C)C(=O)Nc2ccc([N+](=O)[O-])cc2)c1Cl. The van der Waals surface area contributed by atoms with Crippen LogP contribution in [0.4, 0.5) is 11.4 Å². The first-order valence-corrected chi connectivity index (χ1v) is 7.71. The standard InChI is InChI=1S/C16H14Cl2N2O4/c1-9-13(17)7-8-14(15(9)18)24-10(2)16(21)19-11-3-5-12(6-4-11)20(22)23/h3-8,10H,1-2H3,(H,19,21). The number of nitro benzene ring substituents is 1. The molecule has 0 aliphatic rings. The predicted octanol–water partition coefficient (Wildman–Crippen LogP) is 4.62. The maximum Gasteiger partial charge on any atom is 0.269 e. The molecule has 6 nitrogen and oxygen atoms in total. The van der Waals surface area contributed by atoms with Gasteiger partial charge in [0, 0.05) is 22.8 Å². The highest BCUT2D eigenvalue weighted by Gasteiger charge is 2.18. The van der Waals surface area contributed by atoms with Crippen molar-refractivity contribution in [1.82, 2.24) is 0 Å². The second-order valence-electron chi connectivity index (χ2n) is 5.04. The minimum atomic E-state index is -0.821. The van der Waals surface area contributed by atoms with Crippen LogP contribution in [0.1, 0.15) is 12.5 Å². The van der Waals surface area contributed by atoms with Gasteiger partial charge in [-0.1, -0.05) is 23.2 Å². The Balaban J connectivity index is 2.04. The van der Waals surface area contributed by atoms with Gasteiger partial charge in [0.25, 0.3) is 11.6 Å². The highest BCUT2D eigenvalue weighted by molar-refractivity contribution is 6.36. The quantitative estimate of drug-likeness (QED) is 0.616. The van der Waals surface area contributed by atoms with Crippen molar-refractivity contribution < 1.29 is 14.5 Å². The number of hydrogen-bond acceptors (Lipinski definition) is 4. The van der Waals surface area contributed by atoms with Crippen LogP contribution in [0.2, 0.25) is 10.0 Å². The second kappa shape index (κ2) is 7.51. The smallest absolute Gasteiger partial charge is 0.269 e. The lowest BCUT2D eigenvalue weighted by Crippen LogP contribution is -2.30. The van der Waals surface area contributed by atoms with Crippen LogP contribution in [0.15, 0.2) is 36.4 Å². The zero-order valence-corrected chi connectivity index (χ0v) is 14.4. The van der Waals surface area contributed by atoms with Crippen LogP contribution >= 0.6 is 23.2 Å². The van der Waals surface area contributed by atoms with Crippen molar-refractivity contribution >= 4 is 40.5 Å². The Kier molecular flexibility index (Phi) is 5.64. The molecule has 1 atom stereocenters. The number of carbonyl (C=O) groups is 1. The zero-order valence-electron chi connectivity index (χ0n) is 12.9. The van der Waals surface area contributed by atoms with E-state index in [-0.39, 0.29) is 5.69 Å². The van der Waals surface area contributed by atoms with Crippen molar-refractivity contribution in [2.24, 2.45) is 0 Å². The number of anilines is 1. The van der Waals surface area contributed by atoms with Crippen molar-refractivity contribution in [2.75, 3.05) is 5.32 Å². The van der Waals surface area contributed by atoms with Crippen molar-refractivity contribution in [3.63, 3.8) is 0 Å². The van der Waals surface area contributed by atoms with Crippen molar-refractivity contribution in [3.8, 4) is 5.75 Å². The topological polar surface area (TPSA) is 81.5 Å². The molecule has 0 saturated heterocycles. The number of amides is 1. The van der Waals surface area contributed by atoms with E-state index < -0.39 is 16.9 Å². The Labute approximate surface area is 148 Å². The zero-order chi connectivity index (χ0) is 17.9. The minimum absolute atomic E-state index is 0.0549. The molecular weight excluding hydrogens is 355 g/mol. The molecule has 0 aliphatic carbocycles. The van der Waals surface area contributed by atoms with Crippen LogP contribution in [0.5, 0.6) is 5.75 Å². The number of halogens is 2. The van der Waals surface area contributed by atoms with E-state index in [0.717, 1.165) is 0 Å². The third-order valence-corrected chi connectivity index (χ3v) is 4.18. The first-order valence-electron chi connectivity index (χ1n) is 6.96. The molecule has 24 heavy (non-hydrogen) atoms. The second-order valence-corrected chi connectivity index (χ2v) is 5.82. The Hall–Kier alpha value is -2.31. The summed E-state index contributed by atoms with van der Waals surface area (Å²) >= 11 is 12.1. The van der Waals surface area contributed by atoms with Gasteiger partial charge in [-0.25, -0.2) is 0 Å². The Morgan fingerprint density at radius 1 is 1.21 bits per heavy atom. The normalized spacial score (nSPS) is 11.7. The third kappa shape index (κ3) is 4.15. The van der Waals surface area contributed by atoms with E-state index in [1.165, 1.54) is 24.3 Å². The van der Waals surface area contributed by atoms with E-state index in [0.29, 0.717) is 27.0 Å². The number of benzene rings is 2. The lowest BCUT2D eigenvalue weighted by atomic mass is 10.2. The summed E-state index contributed by atoms with van der Waals surface area (Å²) in [5.41, 5.74) is 1.04. The van der Waals surface area contributed by atoms with E-state index in [9.17, 15) is 14.9 Å². The van der Waals surface area contributed by atoms with E-state index in [1.54, 1.807) is 26.0 Å². The number of nitrogens with one attached hydrogen (secondary N) is 1.